The number of hydrogen-bond donors (Lipinski definition) is 1. The molecule has 0 bridgehead atoms. The van der Waals surface area contributed by atoms with E-state index in [2.05, 4.69) is 10.3 Å². The van der Waals surface area contributed by atoms with Crippen LogP contribution in [0.25, 0.3) is 6.08 Å². The molecule has 1 aromatic carbocycles. The van der Waals surface area contributed by atoms with Crippen molar-refractivity contribution in [2.24, 2.45) is 0 Å². The number of carbonyl (C=O) groups excluding carboxylic acids is 3. The van der Waals surface area contributed by atoms with Crippen molar-refractivity contribution in [1.29, 1.82) is 0 Å². The molecule has 30 heavy (non-hydrogen) atoms. The van der Waals surface area contributed by atoms with Gasteiger partial charge >= 0.3 is 0 Å². The summed E-state index contributed by atoms with van der Waals surface area (Å²) in [7, 11) is 0. The standard InChI is InChI=1S/C19H16N4O5S2/c1-29-17-14(3-2-8-21-17)16(24)20-9-10-22-18(25)15(30-19(22)26)11-12-4-6-13(7-5-12)23(27)28/h2-8,11H,9-10H2,1H3,(H,20,24)/b15-11-. The molecule has 0 spiro atoms. The van der Waals surface area contributed by atoms with Crippen LogP contribution in [-0.4, -0.2) is 51.2 Å². The van der Waals surface area contributed by atoms with Crippen LogP contribution in [0.4, 0.5) is 10.5 Å². The maximum absolute atomic E-state index is 12.5. The third-order valence-electron chi connectivity index (χ3n) is 4.11. The van der Waals surface area contributed by atoms with Crippen molar-refractivity contribution in [1.82, 2.24) is 15.2 Å². The first-order valence-electron chi connectivity index (χ1n) is 8.67. The van der Waals surface area contributed by atoms with Gasteiger partial charge in [0.15, 0.2) is 0 Å². The van der Waals surface area contributed by atoms with Crippen molar-refractivity contribution in [2.75, 3.05) is 19.3 Å². The molecule has 0 unspecified atom stereocenters. The Morgan fingerprint density at radius 3 is 2.70 bits per heavy atom. The number of carbonyl (C=O) groups is 3. The Morgan fingerprint density at radius 1 is 1.30 bits per heavy atom. The van der Waals surface area contributed by atoms with E-state index in [1.165, 1.54) is 42.1 Å². The largest absolute Gasteiger partial charge is 0.350 e. The molecule has 1 fully saturated rings. The van der Waals surface area contributed by atoms with E-state index in [1.54, 1.807) is 18.3 Å². The molecule has 3 rings (SSSR count). The van der Waals surface area contributed by atoms with E-state index >= 15 is 0 Å². The van der Waals surface area contributed by atoms with Gasteiger partial charge in [-0.3, -0.25) is 29.4 Å². The highest BCUT2D eigenvalue weighted by Gasteiger charge is 2.34. The molecule has 0 atom stereocenters. The third kappa shape index (κ3) is 4.86. The van der Waals surface area contributed by atoms with Gasteiger partial charge in [0, 0.05) is 31.4 Å². The molecule has 1 aliphatic rings. The lowest BCUT2D eigenvalue weighted by atomic mass is 10.2. The van der Waals surface area contributed by atoms with Gasteiger partial charge in [-0.25, -0.2) is 4.98 Å². The van der Waals surface area contributed by atoms with E-state index in [9.17, 15) is 24.5 Å². The summed E-state index contributed by atoms with van der Waals surface area (Å²) in [5.41, 5.74) is 0.937. The van der Waals surface area contributed by atoms with E-state index in [-0.39, 0.29) is 29.6 Å². The number of imide groups is 1. The Labute approximate surface area is 180 Å². The van der Waals surface area contributed by atoms with Gasteiger partial charge in [0.2, 0.25) is 0 Å². The zero-order valence-electron chi connectivity index (χ0n) is 15.7. The zero-order valence-corrected chi connectivity index (χ0v) is 17.4. The number of nitro groups is 1. The number of nitrogens with zero attached hydrogens (tertiary/aromatic N) is 3. The van der Waals surface area contributed by atoms with Crippen LogP contribution in [0.15, 0.2) is 52.5 Å². The lowest BCUT2D eigenvalue weighted by molar-refractivity contribution is -0.384. The summed E-state index contributed by atoms with van der Waals surface area (Å²) < 4.78 is 0. The molecule has 3 amide bonds. The van der Waals surface area contributed by atoms with E-state index < -0.39 is 16.1 Å². The molecule has 11 heteroatoms. The van der Waals surface area contributed by atoms with Crippen molar-refractivity contribution < 1.29 is 19.3 Å². The highest BCUT2D eigenvalue weighted by atomic mass is 32.2. The second kappa shape index (κ2) is 9.55. The van der Waals surface area contributed by atoms with Crippen molar-refractivity contribution in [3.63, 3.8) is 0 Å². The topological polar surface area (TPSA) is 123 Å². The minimum atomic E-state index is -0.514. The SMILES string of the molecule is CSc1ncccc1C(=O)NCCN1C(=O)S/C(=C\c2ccc([N+](=O)[O-])cc2)C1=O. The fourth-order valence-corrected chi connectivity index (χ4v) is 4.05. The summed E-state index contributed by atoms with van der Waals surface area (Å²) in [6.45, 7) is 0.132. The van der Waals surface area contributed by atoms with Gasteiger partial charge in [0.05, 0.1) is 15.4 Å². The molecule has 0 radical (unpaired) electrons. The van der Waals surface area contributed by atoms with Gasteiger partial charge in [0.1, 0.15) is 5.03 Å². The number of aromatic nitrogens is 1. The van der Waals surface area contributed by atoms with Crippen LogP contribution in [0.5, 0.6) is 0 Å². The zero-order chi connectivity index (χ0) is 21.7. The maximum atomic E-state index is 12.5. The summed E-state index contributed by atoms with van der Waals surface area (Å²) in [5, 5.41) is 13.6. The molecule has 0 saturated carbocycles. The summed E-state index contributed by atoms with van der Waals surface area (Å²) in [6, 6.07) is 8.97. The number of benzene rings is 1. The van der Waals surface area contributed by atoms with Gasteiger partial charge < -0.3 is 5.32 Å². The number of amides is 3. The van der Waals surface area contributed by atoms with E-state index in [1.807, 2.05) is 6.26 Å². The van der Waals surface area contributed by atoms with E-state index in [4.69, 9.17) is 0 Å². The quantitative estimate of drug-likeness (QED) is 0.299. The normalized spacial score (nSPS) is 15.0. The molecule has 154 valence electrons. The monoisotopic (exact) mass is 444 g/mol. The van der Waals surface area contributed by atoms with Crippen LogP contribution in [-0.2, 0) is 4.79 Å². The summed E-state index contributed by atoms with van der Waals surface area (Å²) in [4.78, 5) is 52.6. The van der Waals surface area contributed by atoms with Crippen LogP contribution in [0.3, 0.4) is 0 Å². The van der Waals surface area contributed by atoms with Crippen LogP contribution < -0.4 is 5.32 Å². The Hall–Kier alpha value is -3.18. The Kier molecular flexibility index (Phi) is 6.85. The number of rotatable bonds is 7. The number of hydrogen-bond acceptors (Lipinski definition) is 8. The lowest BCUT2D eigenvalue weighted by Crippen LogP contribution is -2.37. The molecule has 1 aromatic heterocycles. The summed E-state index contributed by atoms with van der Waals surface area (Å²) in [5.74, 6) is -0.801. The van der Waals surface area contributed by atoms with Gasteiger partial charge in [-0.2, -0.15) is 0 Å². The molecule has 9 nitrogen and oxygen atoms in total. The molecule has 0 aliphatic carbocycles. The molecule has 1 N–H and O–H groups in total. The summed E-state index contributed by atoms with van der Waals surface area (Å²) >= 11 is 2.14. The maximum Gasteiger partial charge on any atom is 0.293 e. The first-order chi connectivity index (χ1) is 14.4. The number of non-ortho nitro benzene ring substituents is 1. The van der Waals surface area contributed by atoms with Crippen LogP contribution >= 0.6 is 23.5 Å². The van der Waals surface area contributed by atoms with Crippen molar-refractivity contribution in [3.8, 4) is 0 Å². The Balaban J connectivity index is 1.61. The Bertz CT molecular complexity index is 1040. The number of nitro benzene ring substituents is 1. The second-order valence-corrected chi connectivity index (χ2v) is 7.79. The predicted octanol–water partition coefficient (Wildman–Crippen LogP) is 3.18. The fraction of sp³-hybridized carbons (Fsp3) is 0.158. The van der Waals surface area contributed by atoms with E-state index in [0.29, 0.717) is 16.2 Å². The molecule has 1 aliphatic heterocycles. The van der Waals surface area contributed by atoms with Gasteiger partial charge in [0.25, 0.3) is 22.7 Å². The Morgan fingerprint density at radius 2 is 2.03 bits per heavy atom. The average molecular weight is 444 g/mol. The van der Waals surface area contributed by atoms with Crippen LogP contribution in [0.2, 0.25) is 0 Å². The predicted molar refractivity (Wildman–Crippen MR) is 114 cm³/mol. The molecule has 1 saturated heterocycles. The summed E-state index contributed by atoms with van der Waals surface area (Å²) in [6.07, 6.45) is 4.92. The third-order valence-corrected chi connectivity index (χ3v) is 5.72. The van der Waals surface area contributed by atoms with Crippen LogP contribution in [0.1, 0.15) is 15.9 Å². The van der Waals surface area contributed by atoms with E-state index in [0.717, 1.165) is 16.7 Å². The smallest absolute Gasteiger partial charge is 0.293 e. The van der Waals surface area contributed by atoms with Gasteiger partial charge in [-0.15, -0.1) is 11.8 Å². The molecular weight excluding hydrogens is 428 g/mol. The first-order valence-corrected chi connectivity index (χ1v) is 10.7. The van der Waals surface area contributed by atoms with Crippen molar-refractivity contribution in [2.45, 2.75) is 5.03 Å². The number of thioether (sulfide) groups is 2. The minimum absolute atomic E-state index is 0.0306. The first kappa shape index (κ1) is 21.5. The van der Waals surface area contributed by atoms with Gasteiger partial charge in [-0.05, 0) is 53.9 Å². The molecular formula is C19H16N4O5S2. The second-order valence-electron chi connectivity index (χ2n) is 6.00. The number of nitrogens with one attached hydrogen (secondary N) is 1. The molecule has 2 heterocycles. The van der Waals surface area contributed by atoms with Crippen LogP contribution in [0, 0.1) is 10.1 Å². The molecule has 2 aromatic rings. The highest BCUT2D eigenvalue weighted by Crippen LogP contribution is 2.32. The minimum Gasteiger partial charge on any atom is -0.350 e. The van der Waals surface area contributed by atoms with Gasteiger partial charge in [-0.1, -0.05) is 0 Å². The highest BCUT2D eigenvalue weighted by molar-refractivity contribution is 8.18. The average Bonchev–Trinajstić information content (AvgIpc) is 3.01. The number of pyridine rings is 1. The lowest BCUT2D eigenvalue weighted by Gasteiger charge is -2.13. The van der Waals surface area contributed by atoms with Crippen molar-refractivity contribution in [3.05, 3.63) is 68.7 Å². The van der Waals surface area contributed by atoms with Crippen molar-refractivity contribution >= 4 is 52.3 Å². The fourth-order valence-electron chi connectivity index (χ4n) is 2.64.